The number of carboxylic acid groups (broad SMARTS) is 1. The Morgan fingerprint density at radius 3 is 2.81 bits per heavy atom. The number of rotatable bonds is 5. The SMILES string of the molecule is CCn1nc(C)c(Cl)c1CS(=O)c1cccc(C(=O)O)c1. The van der Waals surface area contributed by atoms with Crippen LogP contribution in [0, 0.1) is 6.92 Å². The van der Waals surface area contributed by atoms with Crippen molar-refractivity contribution in [3.8, 4) is 0 Å². The van der Waals surface area contributed by atoms with Crippen LogP contribution in [0.5, 0.6) is 0 Å². The van der Waals surface area contributed by atoms with E-state index >= 15 is 0 Å². The highest BCUT2D eigenvalue weighted by molar-refractivity contribution is 7.84. The Hall–Kier alpha value is -1.66. The highest BCUT2D eigenvalue weighted by Crippen LogP contribution is 2.23. The molecule has 0 aliphatic heterocycles. The average Bonchev–Trinajstić information content (AvgIpc) is 2.75. The van der Waals surface area contributed by atoms with Gasteiger partial charge in [0.15, 0.2) is 0 Å². The summed E-state index contributed by atoms with van der Waals surface area (Å²) in [6.45, 7) is 4.36. The van der Waals surface area contributed by atoms with Gasteiger partial charge in [0, 0.05) is 11.4 Å². The molecule has 0 saturated heterocycles. The number of hydrogen-bond acceptors (Lipinski definition) is 3. The Kier molecular flexibility index (Phi) is 4.80. The highest BCUT2D eigenvalue weighted by Gasteiger charge is 2.17. The van der Waals surface area contributed by atoms with Gasteiger partial charge < -0.3 is 5.11 Å². The summed E-state index contributed by atoms with van der Waals surface area (Å²) >= 11 is 6.19. The van der Waals surface area contributed by atoms with Crippen LogP contribution in [0.1, 0.15) is 28.7 Å². The van der Waals surface area contributed by atoms with E-state index in [4.69, 9.17) is 16.7 Å². The molecule has 1 aromatic heterocycles. The number of nitrogens with zero attached hydrogens (tertiary/aromatic N) is 2. The lowest BCUT2D eigenvalue weighted by Gasteiger charge is -2.06. The van der Waals surface area contributed by atoms with Gasteiger partial charge in [-0.1, -0.05) is 17.7 Å². The molecule has 112 valence electrons. The maximum Gasteiger partial charge on any atom is 0.335 e. The predicted octanol–water partition coefficient (Wildman–Crippen LogP) is 2.87. The van der Waals surface area contributed by atoms with Crippen molar-refractivity contribution in [2.24, 2.45) is 0 Å². The number of carboxylic acids is 1. The van der Waals surface area contributed by atoms with Crippen LogP contribution < -0.4 is 0 Å². The second-order valence-electron chi connectivity index (χ2n) is 4.48. The molecule has 2 rings (SSSR count). The quantitative estimate of drug-likeness (QED) is 0.917. The van der Waals surface area contributed by atoms with E-state index < -0.39 is 16.8 Å². The molecule has 5 nitrogen and oxygen atoms in total. The minimum atomic E-state index is -1.38. The summed E-state index contributed by atoms with van der Waals surface area (Å²) in [5, 5.41) is 13.8. The van der Waals surface area contributed by atoms with Crippen molar-refractivity contribution in [1.82, 2.24) is 9.78 Å². The third-order valence-corrected chi connectivity index (χ3v) is 4.87. The summed E-state index contributed by atoms with van der Waals surface area (Å²) in [7, 11) is -1.38. The fourth-order valence-electron chi connectivity index (χ4n) is 1.99. The summed E-state index contributed by atoms with van der Waals surface area (Å²) in [5.41, 5.74) is 1.52. The zero-order valence-corrected chi connectivity index (χ0v) is 13.2. The van der Waals surface area contributed by atoms with Crippen molar-refractivity contribution >= 4 is 28.4 Å². The van der Waals surface area contributed by atoms with E-state index in [1.54, 1.807) is 23.7 Å². The van der Waals surface area contributed by atoms with E-state index in [0.717, 1.165) is 0 Å². The van der Waals surface area contributed by atoms with E-state index in [9.17, 15) is 9.00 Å². The molecule has 0 amide bonds. The summed E-state index contributed by atoms with van der Waals surface area (Å²) in [4.78, 5) is 11.4. The third-order valence-electron chi connectivity index (χ3n) is 3.06. The Morgan fingerprint density at radius 1 is 1.48 bits per heavy atom. The van der Waals surface area contributed by atoms with Gasteiger partial charge in [-0.2, -0.15) is 5.10 Å². The fourth-order valence-corrected chi connectivity index (χ4v) is 3.46. The number of halogens is 1. The molecule has 0 spiro atoms. The standard InChI is InChI=1S/C14H15ClN2O3S/c1-3-17-12(13(15)9(2)16-17)8-21(20)11-6-4-5-10(7-11)14(18)19/h4-7H,3,8H2,1-2H3,(H,18,19). The van der Waals surface area contributed by atoms with Gasteiger partial charge in [0.05, 0.1) is 38.5 Å². The molecule has 1 aromatic carbocycles. The summed E-state index contributed by atoms with van der Waals surface area (Å²) in [6, 6.07) is 6.12. The van der Waals surface area contributed by atoms with Crippen molar-refractivity contribution in [2.75, 3.05) is 0 Å². The number of aromatic nitrogens is 2. The molecular formula is C14H15ClN2O3S. The zero-order valence-electron chi connectivity index (χ0n) is 11.7. The molecule has 0 aliphatic rings. The van der Waals surface area contributed by atoms with Crippen molar-refractivity contribution in [2.45, 2.75) is 31.0 Å². The van der Waals surface area contributed by atoms with Crippen LogP contribution in [0.15, 0.2) is 29.2 Å². The van der Waals surface area contributed by atoms with E-state index in [1.807, 2.05) is 6.92 Å². The maximum atomic E-state index is 12.4. The molecule has 7 heteroatoms. The van der Waals surface area contributed by atoms with Crippen LogP contribution in [0.4, 0.5) is 0 Å². The summed E-state index contributed by atoms with van der Waals surface area (Å²) < 4.78 is 14.2. The summed E-state index contributed by atoms with van der Waals surface area (Å²) in [6.07, 6.45) is 0. The Balaban J connectivity index is 2.30. The van der Waals surface area contributed by atoms with Crippen LogP contribution in [-0.4, -0.2) is 25.1 Å². The van der Waals surface area contributed by atoms with E-state index in [1.165, 1.54) is 12.1 Å². The molecule has 1 atom stereocenters. The number of hydrogen-bond donors (Lipinski definition) is 1. The van der Waals surface area contributed by atoms with Crippen LogP contribution in [0.3, 0.4) is 0 Å². The molecule has 0 radical (unpaired) electrons. The second kappa shape index (κ2) is 6.41. The number of aryl methyl sites for hydroxylation is 2. The first-order chi connectivity index (χ1) is 9.93. The molecule has 0 fully saturated rings. The first-order valence-corrected chi connectivity index (χ1v) is 8.07. The van der Waals surface area contributed by atoms with Gasteiger partial charge in [0.1, 0.15) is 0 Å². The number of carbonyl (C=O) groups is 1. The smallest absolute Gasteiger partial charge is 0.335 e. The van der Waals surface area contributed by atoms with E-state index in [-0.39, 0.29) is 11.3 Å². The number of benzene rings is 1. The molecule has 2 aromatic rings. The minimum absolute atomic E-state index is 0.118. The molecule has 0 bridgehead atoms. The van der Waals surface area contributed by atoms with E-state index in [2.05, 4.69) is 5.10 Å². The van der Waals surface area contributed by atoms with Crippen LogP contribution >= 0.6 is 11.6 Å². The monoisotopic (exact) mass is 326 g/mol. The number of aromatic carboxylic acids is 1. The van der Waals surface area contributed by atoms with Crippen LogP contribution in [0.2, 0.25) is 5.02 Å². The molecule has 0 aliphatic carbocycles. The highest BCUT2D eigenvalue weighted by atomic mass is 35.5. The average molecular weight is 327 g/mol. The first-order valence-electron chi connectivity index (χ1n) is 6.37. The normalized spacial score (nSPS) is 12.3. The van der Waals surface area contributed by atoms with Gasteiger partial charge >= 0.3 is 5.97 Å². The van der Waals surface area contributed by atoms with Crippen LogP contribution in [-0.2, 0) is 23.1 Å². The van der Waals surface area contributed by atoms with Crippen molar-refractivity contribution in [1.29, 1.82) is 0 Å². The molecule has 1 heterocycles. The zero-order chi connectivity index (χ0) is 15.6. The van der Waals surface area contributed by atoms with Crippen molar-refractivity contribution < 1.29 is 14.1 Å². The van der Waals surface area contributed by atoms with Crippen LogP contribution in [0.25, 0.3) is 0 Å². The topological polar surface area (TPSA) is 72.2 Å². The lowest BCUT2D eigenvalue weighted by Crippen LogP contribution is -2.07. The fraction of sp³-hybridized carbons (Fsp3) is 0.286. The van der Waals surface area contributed by atoms with Gasteiger partial charge in [-0.25, -0.2) is 4.79 Å². The predicted molar refractivity (Wildman–Crippen MR) is 81.2 cm³/mol. The molecule has 1 N–H and O–H groups in total. The van der Waals surface area contributed by atoms with E-state index in [0.29, 0.717) is 27.9 Å². The molecule has 1 unspecified atom stereocenters. The largest absolute Gasteiger partial charge is 0.478 e. The van der Waals surface area contributed by atoms with Gasteiger partial charge in [-0.3, -0.25) is 8.89 Å². The Labute approximate surface area is 130 Å². The van der Waals surface area contributed by atoms with Crippen molar-refractivity contribution in [3.63, 3.8) is 0 Å². The molecule has 21 heavy (non-hydrogen) atoms. The minimum Gasteiger partial charge on any atom is -0.478 e. The maximum absolute atomic E-state index is 12.4. The molecule has 0 saturated carbocycles. The second-order valence-corrected chi connectivity index (χ2v) is 6.31. The van der Waals surface area contributed by atoms with Crippen molar-refractivity contribution in [3.05, 3.63) is 46.2 Å². The Morgan fingerprint density at radius 2 is 2.19 bits per heavy atom. The molecular weight excluding hydrogens is 312 g/mol. The third kappa shape index (κ3) is 3.33. The first kappa shape index (κ1) is 15.7. The summed E-state index contributed by atoms with van der Waals surface area (Å²) in [5.74, 6) is -0.835. The van der Waals surface area contributed by atoms with Gasteiger partial charge in [-0.15, -0.1) is 0 Å². The van der Waals surface area contributed by atoms with Gasteiger partial charge in [0.2, 0.25) is 0 Å². The van der Waals surface area contributed by atoms with Gasteiger partial charge in [-0.05, 0) is 32.0 Å². The van der Waals surface area contributed by atoms with Gasteiger partial charge in [0.25, 0.3) is 0 Å². The lowest BCUT2D eigenvalue weighted by molar-refractivity contribution is 0.0696. The lowest BCUT2D eigenvalue weighted by atomic mass is 10.2. The Bertz CT molecular complexity index is 712.